The lowest BCUT2D eigenvalue weighted by Crippen LogP contribution is -2.24. The lowest BCUT2D eigenvalue weighted by molar-refractivity contribution is 0.360. The summed E-state index contributed by atoms with van der Waals surface area (Å²) in [5.74, 6) is 0.648. The summed E-state index contributed by atoms with van der Waals surface area (Å²) in [6.45, 7) is 4.46. The molecule has 0 aliphatic carbocycles. The van der Waals surface area contributed by atoms with Crippen LogP contribution in [0.4, 0.5) is 0 Å². The van der Waals surface area contributed by atoms with Crippen molar-refractivity contribution in [2.45, 2.75) is 32.7 Å². The Labute approximate surface area is 97.8 Å². The summed E-state index contributed by atoms with van der Waals surface area (Å²) in [6.07, 6.45) is 2.35. The van der Waals surface area contributed by atoms with Crippen molar-refractivity contribution in [2.24, 2.45) is 5.92 Å². The predicted octanol–water partition coefficient (Wildman–Crippen LogP) is 4.04. The van der Waals surface area contributed by atoms with Crippen molar-refractivity contribution in [2.75, 3.05) is 7.05 Å². The SMILES string of the molecule is CCC(CC)C(NC)c1ccccc1Cl. The number of halogens is 1. The molecule has 0 aliphatic rings. The topological polar surface area (TPSA) is 12.0 Å². The highest BCUT2D eigenvalue weighted by Crippen LogP contribution is 2.31. The van der Waals surface area contributed by atoms with Crippen LogP contribution in [0, 0.1) is 5.92 Å². The number of benzene rings is 1. The number of hydrogen-bond donors (Lipinski definition) is 1. The lowest BCUT2D eigenvalue weighted by atomic mass is 9.89. The van der Waals surface area contributed by atoms with E-state index in [0.717, 1.165) is 5.02 Å². The molecule has 84 valence electrons. The van der Waals surface area contributed by atoms with Gasteiger partial charge < -0.3 is 5.32 Å². The highest BCUT2D eigenvalue weighted by Gasteiger charge is 2.20. The minimum atomic E-state index is 0.369. The van der Waals surface area contributed by atoms with Crippen LogP contribution < -0.4 is 5.32 Å². The summed E-state index contributed by atoms with van der Waals surface area (Å²) in [5.41, 5.74) is 1.22. The average Bonchev–Trinajstić information content (AvgIpc) is 2.27. The van der Waals surface area contributed by atoms with Crippen LogP contribution in [0.1, 0.15) is 38.3 Å². The molecule has 0 aliphatic heterocycles. The molecule has 0 radical (unpaired) electrons. The Bertz CT molecular complexity index is 294. The predicted molar refractivity (Wildman–Crippen MR) is 67.3 cm³/mol. The lowest BCUT2D eigenvalue weighted by Gasteiger charge is -2.26. The molecule has 1 nitrogen and oxygen atoms in total. The van der Waals surface area contributed by atoms with Crippen molar-refractivity contribution in [3.05, 3.63) is 34.9 Å². The Morgan fingerprint density at radius 3 is 2.27 bits per heavy atom. The maximum Gasteiger partial charge on any atom is 0.0453 e. The second-order valence-corrected chi connectivity index (χ2v) is 4.27. The first-order valence-corrected chi connectivity index (χ1v) is 6.04. The summed E-state index contributed by atoms with van der Waals surface area (Å²) < 4.78 is 0. The minimum absolute atomic E-state index is 0.369. The van der Waals surface area contributed by atoms with Gasteiger partial charge in [-0.2, -0.15) is 0 Å². The van der Waals surface area contributed by atoms with Crippen LogP contribution >= 0.6 is 11.6 Å². The molecule has 1 unspecified atom stereocenters. The molecule has 0 amide bonds. The summed E-state index contributed by atoms with van der Waals surface area (Å²) in [4.78, 5) is 0. The fourth-order valence-electron chi connectivity index (χ4n) is 2.13. The summed E-state index contributed by atoms with van der Waals surface area (Å²) >= 11 is 6.22. The fraction of sp³-hybridized carbons (Fsp3) is 0.538. The molecule has 0 fully saturated rings. The second kappa shape index (κ2) is 6.14. The quantitative estimate of drug-likeness (QED) is 0.798. The summed E-state index contributed by atoms with van der Waals surface area (Å²) in [7, 11) is 2.01. The molecule has 0 spiro atoms. The second-order valence-electron chi connectivity index (χ2n) is 3.86. The van der Waals surface area contributed by atoms with E-state index in [1.165, 1.54) is 18.4 Å². The average molecular weight is 226 g/mol. The van der Waals surface area contributed by atoms with Crippen LogP contribution in [0.15, 0.2) is 24.3 Å². The minimum Gasteiger partial charge on any atom is -0.313 e. The first-order valence-electron chi connectivity index (χ1n) is 5.66. The van der Waals surface area contributed by atoms with E-state index in [0.29, 0.717) is 12.0 Å². The molecule has 1 N–H and O–H groups in total. The van der Waals surface area contributed by atoms with Crippen LogP contribution in [0.5, 0.6) is 0 Å². The van der Waals surface area contributed by atoms with E-state index in [4.69, 9.17) is 11.6 Å². The molecular formula is C13H20ClN. The van der Waals surface area contributed by atoms with E-state index in [2.05, 4.69) is 25.2 Å². The van der Waals surface area contributed by atoms with Crippen molar-refractivity contribution in [3.63, 3.8) is 0 Å². The van der Waals surface area contributed by atoms with E-state index >= 15 is 0 Å². The van der Waals surface area contributed by atoms with Gasteiger partial charge in [-0.25, -0.2) is 0 Å². The summed E-state index contributed by atoms with van der Waals surface area (Å²) in [5, 5.41) is 4.24. The molecule has 1 aromatic rings. The smallest absolute Gasteiger partial charge is 0.0453 e. The van der Waals surface area contributed by atoms with Crippen LogP contribution in [0.3, 0.4) is 0 Å². The Balaban J connectivity index is 2.96. The van der Waals surface area contributed by atoms with E-state index in [9.17, 15) is 0 Å². The molecule has 15 heavy (non-hydrogen) atoms. The number of rotatable bonds is 5. The maximum atomic E-state index is 6.22. The van der Waals surface area contributed by atoms with Gasteiger partial charge in [-0.15, -0.1) is 0 Å². The van der Waals surface area contributed by atoms with Gasteiger partial charge in [0, 0.05) is 11.1 Å². The van der Waals surface area contributed by atoms with Crippen LogP contribution in [0.25, 0.3) is 0 Å². The van der Waals surface area contributed by atoms with E-state index in [-0.39, 0.29) is 0 Å². The molecule has 1 aromatic carbocycles. The van der Waals surface area contributed by atoms with Crippen molar-refractivity contribution < 1.29 is 0 Å². The van der Waals surface area contributed by atoms with Gasteiger partial charge >= 0.3 is 0 Å². The molecule has 1 atom stereocenters. The Kier molecular flexibility index (Phi) is 5.13. The van der Waals surface area contributed by atoms with Gasteiger partial charge in [0.15, 0.2) is 0 Å². The molecule has 0 heterocycles. The molecule has 0 bridgehead atoms. The zero-order chi connectivity index (χ0) is 11.3. The van der Waals surface area contributed by atoms with Crippen molar-refractivity contribution >= 4 is 11.6 Å². The van der Waals surface area contributed by atoms with E-state index in [1.807, 2.05) is 25.2 Å². The van der Waals surface area contributed by atoms with Gasteiger partial charge in [-0.1, -0.05) is 56.5 Å². The standard InChI is InChI=1S/C13H20ClN/c1-4-10(5-2)13(15-3)11-8-6-7-9-12(11)14/h6-10,13,15H,4-5H2,1-3H3. The molecule has 0 aromatic heterocycles. The zero-order valence-corrected chi connectivity index (χ0v) is 10.5. The molecular weight excluding hydrogens is 206 g/mol. The van der Waals surface area contributed by atoms with Crippen molar-refractivity contribution in [3.8, 4) is 0 Å². The molecule has 0 saturated carbocycles. The van der Waals surface area contributed by atoms with Gasteiger partial charge in [-0.3, -0.25) is 0 Å². The first kappa shape index (κ1) is 12.5. The van der Waals surface area contributed by atoms with Crippen LogP contribution in [0.2, 0.25) is 5.02 Å². The third-order valence-corrected chi connectivity index (χ3v) is 3.42. The zero-order valence-electron chi connectivity index (χ0n) is 9.76. The van der Waals surface area contributed by atoms with Crippen LogP contribution in [-0.2, 0) is 0 Å². The maximum absolute atomic E-state index is 6.22. The van der Waals surface area contributed by atoms with Crippen molar-refractivity contribution in [1.82, 2.24) is 5.32 Å². The number of nitrogens with one attached hydrogen (secondary N) is 1. The largest absolute Gasteiger partial charge is 0.313 e. The third-order valence-electron chi connectivity index (χ3n) is 3.07. The monoisotopic (exact) mass is 225 g/mol. The molecule has 2 heteroatoms. The van der Waals surface area contributed by atoms with Crippen molar-refractivity contribution in [1.29, 1.82) is 0 Å². The highest BCUT2D eigenvalue weighted by molar-refractivity contribution is 6.31. The fourth-order valence-corrected chi connectivity index (χ4v) is 2.39. The van der Waals surface area contributed by atoms with E-state index in [1.54, 1.807) is 0 Å². The number of hydrogen-bond acceptors (Lipinski definition) is 1. The van der Waals surface area contributed by atoms with Gasteiger partial charge in [0.05, 0.1) is 0 Å². The van der Waals surface area contributed by atoms with Crippen LogP contribution in [-0.4, -0.2) is 7.05 Å². The first-order chi connectivity index (χ1) is 7.24. The molecule has 0 saturated heterocycles. The van der Waals surface area contributed by atoms with E-state index < -0.39 is 0 Å². The molecule has 1 rings (SSSR count). The highest BCUT2D eigenvalue weighted by atomic mass is 35.5. The third kappa shape index (κ3) is 2.96. The Hall–Kier alpha value is -0.530. The Morgan fingerprint density at radius 1 is 1.20 bits per heavy atom. The normalized spacial score (nSPS) is 13.1. The Morgan fingerprint density at radius 2 is 1.80 bits per heavy atom. The van der Waals surface area contributed by atoms with Gasteiger partial charge in [0.25, 0.3) is 0 Å². The van der Waals surface area contributed by atoms with Gasteiger partial charge in [0.1, 0.15) is 0 Å². The summed E-state index contributed by atoms with van der Waals surface area (Å²) in [6, 6.07) is 8.47. The van der Waals surface area contributed by atoms with Gasteiger partial charge in [0.2, 0.25) is 0 Å². The van der Waals surface area contributed by atoms with Gasteiger partial charge in [-0.05, 0) is 24.6 Å².